The van der Waals surface area contributed by atoms with Crippen molar-refractivity contribution in [2.24, 2.45) is 5.92 Å². The molecule has 1 fully saturated rings. The van der Waals surface area contributed by atoms with Crippen molar-refractivity contribution < 1.29 is 19.4 Å². The van der Waals surface area contributed by atoms with E-state index in [0.29, 0.717) is 0 Å². The fourth-order valence-electron chi connectivity index (χ4n) is 2.00. The highest BCUT2D eigenvalue weighted by atomic mass is 16.6. The summed E-state index contributed by atoms with van der Waals surface area (Å²) in [5.41, 5.74) is 0.238. The van der Waals surface area contributed by atoms with Crippen LogP contribution in [-0.4, -0.2) is 23.1 Å². The van der Waals surface area contributed by atoms with Gasteiger partial charge >= 0.3 is 11.9 Å². The number of rotatable bonds is 4. The molecule has 90 valence electrons. The van der Waals surface area contributed by atoms with E-state index in [4.69, 9.17) is 9.84 Å². The lowest BCUT2D eigenvalue weighted by Gasteiger charge is -2.27. The summed E-state index contributed by atoms with van der Waals surface area (Å²) in [6.07, 6.45) is 3.79. The molecule has 0 aromatic heterocycles. The molecule has 1 unspecified atom stereocenters. The van der Waals surface area contributed by atoms with Gasteiger partial charge in [-0.15, -0.1) is 0 Å². The van der Waals surface area contributed by atoms with E-state index in [1.165, 1.54) is 6.92 Å². The molecule has 0 aromatic rings. The Morgan fingerprint density at radius 2 is 1.88 bits per heavy atom. The number of aliphatic carboxylic acids is 1. The van der Waals surface area contributed by atoms with Gasteiger partial charge in [0.25, 0.3) is 0 Å². The summed E-state index contributed by atoms with van der Waals surface area (Å²) in [5.74, 6) is -1.71. The Labute approximate surface area is 95.3 Å². The molecule has 0 bridgehead atoms. The zero-order valence-corrected chi connectivity index (χ0v) is 9.57. The molecule has 0 radical (unpaired) electrons. The molecule has 0 heterocycles. The quantitative estimate of drug-likeness (QED) is 0.589. The van der Waals surface area contributed by atoms with Gasteiger partial charge in [0.15, 0.2) is 0 Å². The maximum absolute atomic E-state index is 11.3. The first-order valence-electron chi connectivity index (χ1n) is 5.61. The summed E-state index contributed by atoms with van der Waals surface area (Å²) >= 11 is 0. The van der Waals surface area contributed by atoms with Crippen LogP contribution in [0, 0.1) is 5.92 Å². The van der Waals surface area contributed by atoms with E-state index < -0.39 is 18.0 Å². The summed E-state index contributed by atoms with van der Waals surface area (Å²) in [5, 5.41) is 9.05. The molecule has 0 aliphatic heterocycles. The van der Waals surface area contributed by atoms with Crippen LogP contribution in [0.25, 0.3) is 0 Å². The molecule has 1 saturated carbocycles. The van der Waals surface area contributed by atoms with Crippen LogP contribution < -0.4 is 0 Å². The molecule has 0 saturated heterocycles. The van der Waals surface area contributed by atoms with Gasteiger partial charge in [0.05, 0.1) is 0 Å². The van der Waals surface area contributed by atoms with E-state index in [-0.39, 0.29) is 11.5 Å². The molecular weight excluding hydrogens is 208 g/mol. The Kier molecular flexibility index (Phi) is 4.52. The van der Waals surface area contributed by atoms with Gasteiger partial charge in [-0.3, -0.25) is 0 Å². The fourth-order valence-corrected chi connectivity index (χ4v) is 2.00. The average Bonchev–Trinajstić information content (AvgIpc) is 2.26. The van der Waals surface area contributed by atoms with Gasteiger partial charge in [0, 0.05) is 11.5 Å². The second-order valence-electron chi connectivity index (χ2n) is 4.34. The van der Waals surface area contributed by atoms with Gasteiger partial charge in [-0.25, -0.2) is 9.59 Å². The van der Waals surface area contributed by atoms with Crippen molar-refractivity contribution in [1.82, 2.24) is 0 Å². The monoisotopic (exact) mass is 226 g/mol. The third kappa shape index (κ3) is 3.36. The van der Waals surface area contributed by atoms with E-state index in [0.717, 1.165) is 32.1 Å². The number of ether oxygens (including phenoxy) is 1. The molecule has 1 atom stereocenters. The van der Waals surface area contributed by atoms with Crippen LogP contribution in [0.5, 0.6) is 0 Å². The van der Waals surface area contributed by atoms with Crippen LogP contribution in [0.1, 0.15) is 39.0 Å². The maximum Gasteiger partial charge on any atom is 0.345 e. The van der Waals surface area contributed by atoms with Crippen LogP contribution in [0.3, 0.4) is 0 Å². The molecule has 0 spiro atoms. The Hall–Kier alpha value is -1.32. The van der Waals surface area contributed by atoms with Crippen molar-refractivity contribution in [3.63, 3.8) is 0 Å². The van der Waals surface area contributed by atoms with Crippen LogP contribution in [-0.2, 0) is 14.3 Å². The summed E-state index contributed by atoms with van der Waals surface area (Å²) in [6.45, 7) is 4.96. The predicted octanol–water partition coefficient (Wildman–Crippen LogP) is 2.14. The smallest absolute Gasteiger partial charge is 0.345 e. The second kappa shape index (κ2) is 5.68. The highest BCUT2D eigenvalue weighted by molar-refractivity contribution is 5.89. The Bertz CT molecular complexity index is 289. The number of hydrogen-bond acceptors (Lipinski definition) is 3. The minimum Gasteiger partial charge on any atom is -0.478 e. The number of hydrogen-bond donors (Lipinski definition) is 1. The van der Waals surface area contributed by atoms with Gasteiger partial charge in [-0.05, 0) is 19.8 Å². The van der Waals surface area contributed by atoms with Crippen molar-refractivity contribution >= 4 is 11.9 Å². The standard InChI is InChI=1S/C12H18O4/c1-8(2)12(15)16-10(11(13)14)9-6-4-3-5-7-9/h9-10H,1,3-7H2,2H3,(H,13,14). The Morgan fingerprint density at radius 3 is 2.31 bits per heavy atom. The van der Waals surface area contributed by atoms with Gasteiger partial charge in [0.1, 0.15) is 0 Å². The van der Waals surface area contributed by atoms with Gasteiger partial charge in [0.2, 0.25) is 6.10 Å². The van der Waals surface area contributed by atoms with Crippen molar-refractivity contribution in [3.8, 4) is 0 Å². The molecule has 0 aromatic carbocycles. The van der Waals surface area contributed by atoms with Gasteiger partial charge in [-0.1, -0.05) is 25.8 Å². The summed E-state index contributed by atoms with van der Waals surface area (Å²) in [7, 11) is 0. The molecule has 4 nitrogen and oxygen atoms in total. The van der Waals surface area contributed by atoms with Gasteiger partial charge < -0.3 is 9.84 Å². The highest BCUT2D eigenvalue weighted by Gasteiger charge is 2.32. The van der Waals surface area contributed by atoms with Crippen LogP contribution in [0.2, 0.25) is 0 Å². The number of carbonyl (C=O) groups is 2. The van der Waals surface area contributed by atoms with E-state index in [2.05, 4.69) is 6.58 Å². The molecule has 4 heteroatoms. The Morgan fingerprint density at radius 1 is 1.31 bits per heavy atom. The topological polar surface area (TPSA) is 63.6 Å². The lowest BCUT2D eigenvalue weighted by Crippen LogP contribution is -2.35. The Balaban J connectivity index is 2.63. The molecule has 1 aliphatic carbocycles. The number of carboxylic acids is 1. The maximum atomic E-state index is 11.3. The summed E-state index contributed by atoms with van der Waals surface area (Å²) < 4.78 is 4.97. The van der Waals surface area contributed by atoms with Crippen LogP contribution in [0.15, 0.2) is 12.2 Å². The molecule has 1 aliphatic rings. The first-order chi connectivity index (χ1) is 7.52. The largest absolute Gasteiger partial charge is 0.478 e. The molecule has 0 amide bonds. The lowest BCUT2D eigenvalue weighted by molar-refractivity contribution is -0.166. The average molecular weight is 226 g/mol. The van der Waals surface area contributed by atoms with Crippen LogP contribution in [0.4, 0.5) is 0 Å². The lowest BCUT2D eigenvalue weighted by atomic mass is 9.85. The van der Waals surface area contributed by atoms with E-state index in [9.17, 15) is 9.59 Å². The molecule has 16 heavy (non-hydrogen) atoms. The molecule has 1 rings (SSSR count). The van der Waals surface area contributed by atoms with Crippen molar-refractivity contribution in [2.45, 2.75) is 45.1 Å². The molecular formula is C12H18O4. The third-order valence-corrected chi connectivity index (χ3v) is 2.90. The normalized spacial score (nSPS) is 18.8. The zero-order valence-electron chi connectivity index (χ0n) is 9.57. The highest BCUT2D eigenvalue weighted by Crippen LogP contribution is 2.28. The minimum atomic E-state index is -1.05. The van der Waals surface area contributed by atoms with Crippen molar-refractivity contribution in [3.05, 3.63) is 12.2 Å². The number of esters is 1. The van der Waals surface area contributed by atoms with Gasteiger partial charge in [-0.2, -0.15) is 0 Å². The van der Waals surface area contributed by atoms with Crippen molar-refractivity contribution in [2.75, 3.05) is 0 Å². The van der Waals surface area contributed by atoms with Crippen LogP contribution >= 0.6 is 0 Å². The SMILES string of the molecule is C=C(C)C(=O)OC(C(=O)O)C1CCCCC1. The summed E-state index contributed by atoms with van der Waals surface area (Å²) in [4.78, 5) is 22.4. The number of carboxylic acid groups (broad SMARTS) is 1. The van der Waals surface area contributed by atoms with E-state index in [1.807, 2.05) is 0 Å². The van der Waals surface area contributed by atoms with E-state index >= 15 is 0 Å². The first-order valence-corrected chi connectivity index (χ1v) is 5.61. The second-order valence-corrected chi connectivity index (χ2v) is 4.34. The minimum absolute atomic E-state index is 0.0467. The fraction of sp³-hybridized carbons (Fsp3) is 0.667. The molecule has 1 N–H and O–H groups in total. The first kappa shape index (κ1) is 12.7. The number of carbonyl (C=O) groups excluding carboxylic acids is 1. The van der Waals surface area contributed by atoms with E-state index in [1.54, 1.807) is 0 Å². The predicted molar refractivity (Wildman–Crippen MR) is 58.9 cm³/mol. The zero-order chi connectivity index (χ0) is 12.1. The third-order valence-electron chi connectivity index (χ3n) is 2.90. The van der Waals surface area contributed by atoms with Crippen molar-refractivity contribution in [1.29, 1.82) is 0 Å². The summed E-state index contributed by atoms with van der Waals surface area (Å²) in [6, 6.07) is 0.